The highest BCUT2D eigenvalue weighted by molar-refractivity contribution is 5.98. The normalized spacial score (nSPS) is 10.3. The fraction of sp³-hybridized carbons (Fsp3) is 0.167. The van der Waals surface area contributed by atoms with Crippen LogP contribution >= 0.6 is 0 Å². The van der Waals surface area contributed by atoms with Gasteiger partial charge in [0.1, 0.15) is 0 Å². The topological polar surface area (TPSA) is 44.5 Å². The minimum atomic E-state index is 0.718. The number of hydrogen-bond donors (Lipinski definition) is 1. The Hall–Kier alpha value is -1.90. The van der Waals surface area contributed by atoms with E-state index < -0.39 is 0 Å². The Morgan fingerprint density at radius 2 is 1.73 bits per heavy atom. The molecule has 2 N–H and O–H groups in total. The average Bonchev–Trinajstić information content (AvgIpc) is 2.28. The zero-order valence-electron chi connectivity index (χ0n) is 8.78. The van der Waals surface area contributed by atoms with E-state index in [1.165, 1.54) is 0 Å². The molecule has 0 fully saturated rings. The Labute approximate surface area is 88.4 Å². The third-order valence-electron chi connectivity index (χ3n) is 2.43. The monoisotopic (exact) mass is 203 g/mol. The van der Waals surface area contributed by atoms with E-state index >= 15 is 0 Å². The number of ether oxygens (including phenoxy) is 2. The van der Waals surface area contributed by atoms with Crippen LogP contribution in [0.3, 0.4) is 0 Å². The highest BCUT2D eigenvalue weighted by Gasteiger charge is 2.09. The molecule has 3 heteroatoms. The van der Waals surface area contributed by atoms with Crippen LogP contribution in [0.25, 0.3) is 10.8 Å². The molecule has 0 radical (unpaired) electrons. The van der Waals surface area contributed by atoms with Crippen molar-refractivity contribution in [1.29, 1.82) is 0 Å². The molecule has 0 aliphatic heterocycles. The molecule has 3 nitrogen and oxygen atoms in total. The van der Waals surface area contributed by atoms with E-state index in [0.29, 0.717) is 0 Å². The van der Waals surface area contributed by atoms with Crippen LogP contribution in [0, 0.1) is 0 Å². The summed E-state index contributed by atoms with van der Waals surface area (Å²) in [6.07, 6.45) is 0. The van der Waals surface area contributed by atoms with Crippen molar-refractivity contribution in [3.63, 3.8) is 0 Å². The molecule has 0 aliphatic carbocycles. The molecule has 0 amide bonds. The van der Waals surface area contributed by atoms with E-state index in [0.717, 1.165) is 28.0 Å². The van der Waals surface area contributed by atoms with Crippen molar-refractivity contribution < 1.29 is 9.47 Å². The maximum atomic E-state index is 5.87. The summed E-state index contributed by atoms with van der Waals surface area (Å²) in [5.41, 5.74) is 6.62. The summed E-state index contributed by atoms with van der Waals surface area (Å²) >= 11 is 0. The van der Waals surface area contributed by atoms with Gasteiger partial charge in [-0.2, -0.15) is 0 Å². The maximum Gasteiger partial charge on any atom is 0.168 e. The van der Waals surface area contributed by atoms with Gasteiger partial charge in [0, 0.05) is 16.5 Å². The lowest BCUT2D eigenvalue weighted by molar-refractivity contribution is 0.358. The van der Waals surface area contributed by atoms with Gasteiger partial charge in [0.05, 0.1) is 14.2 Å². The molecular weight excluding hydrogens is 190 g/mol. The molecule has 2 aromatic rings. The Kier molecular flexibility index (Phi) is 2.37. The van der Waals surface area contributed by atoms with Crippen LogP contribution in [0.4, 0.5) is 5.69 Å². The number of anilines is 1. The van der Waals surface area contributed by atoms with Gasteiger partial charge in [-0.1, -0.05) is 12.1 Å². The van der Waals surface area contributed by atoms with E-state index in [-0.39, 0.29) is 0 Å². The van der Waals surface area contributed by atoms with Crippen LogP contribution in [-0.2, 0) is 0 Å². The summed E-state index contributed by atoms with van der Waals surface area (Å²) < 4.78 is 10.5. The van der Waals surface area contributed by atoms with Crippen LogP contribution in [0.15, 0.2) is 30.3 Å². The number of fused-ring (bicyclic) bond motifs is 1. The fourth-order valence-corrected chi connectivity index (χ4v) is 1.71. The van der Waals surface area contributed by atoms with E-state index in [9.17, 15) is 0 Å². The molecule has 0 heterocycles. The number of rotatable bonds is 2. The van der Waals surface area contributed by atoms with E-state index in [4.69, 9.17) is 15.2 Å². The molecule has 78 valence electrons. The van der Waals surface area contributed by atoms with Crippen LogP contribution in [0.1, 0.15) is 0 Å². The molecule has 0 saturated carbocycles. The van der Waals surface area contributed by atoms with Crippen molar-refractivity contribution in [2.45, 2.75) is 0 Å². The fourth-order valence-electron chi connectivity index (χ4n) is 1.71. The molecule has 0 atom stereocenters. The van der Waals surface area contributed by atoms with Crippen LogP contribution in [0.2, 0.25) is 0 Å². The third kappa shape index (κ3) is 1.46. The molecule has 0 saturated heterocycles. The van der Waals surface area contributed by atoms with Crippen LogP contribution in [-0.4, -0.2) is 14.2 Å². The number of nitrogen functional groups attached to an aromatic ring is 1. The molecular formula is C12H13NO2. The molecule has 0 aliphatic rings. The Morgan fingerprint density at radius 1 is 0.933 bits per heavy atom. The van der Waals surface area contributed by atoms with Gasteiger partial charge in [-0.25, -0.2) is 0 Å². The number of nitrogens with two attached hydrogens (primary N) is 1. The molecule has 2 rings (SSSR count). The van der Waals surface area contributed by atoms with Gasteiger partial charge in [-0.15, -0.1) is 0 Å². The summed E-state index contributed by atoms with van der Waals surface area (Å²) in [5, 5.41) is 1.95. The predicted molar refractivity (Wildman–Crippen MR) is 61.5 cm³/mol. The summed E-state index contributed by atoms with van der Waals surface area (Å²) in [7, 11) is 3.25. The quantitative estimate of drug-likeness (QED) is 0.762. The van der Waals surface area contributed by atoms with Crippen molar-refractivity contribution in [3.05, 3.63) is 30.3 Å². The van der Waals surface area contributed by atoms with Gasteiger partial charge in [0.2, 0.25) is 0 Å². The summed E-state index contributed by atoms with van der Waals surface area (Å²) in [6.45, 7) is 0. The SMILES string of the molecule is COc1ccc2c(N)cccc2c1OC. The summed E-state index contributed by atoms with van der Waals surface area (Å²) in [4.78, 5) is 0. The molecule has 0 spiro atoms. The Morgan fingerprint density at radius 3 is 2.40 bits per heavy atom. The highest BCUT2D eigenvalue weighted by Crippen LogP contribution is 2.37. The molecule has 0 bridgehead atoms. The summed E-state index contributed by atoms with van der Waals surface area (Å²) in [6, 6.07) is 9.53. The minimum Gasteiger partial charge on any atom is -0.493 e. The lowest BCUT2D eigenvalue weighted by Crippen LogP contribution is -1.93. The van der Waals surface area contributed by atoms with Crippen molar-refractivity contribution in [2.24, 2.45) is 0 Å². The van der Waals surface area contributed by atoms with E-state index in [2.05, 4.69) is 0 Å². The zero-order valence-corrected chi connectivity index (χ0v) is 8.78. The van der Waals surface area contributed by atoms with Crippen molar-refractivity contribution >= 4 is 16.5 Å². The first-order chi connectivity index (χ1) is 7.27. The van der Waals surface area contributed by atoms with E-state index in [1.54, 1.807) is 14.2 Å². The lowest BCUT2D eigenvalue weighted by Gasteiger charge is -2.11. The molecule has 0 aromatic heterocycles. The van der Waals surface area contributed by atoms with Crippen molar-refractivity contribution in [2.75, 3.05) is 20.0 Å². The second kappa shape index (κ2) is 3.69. The highest BCUT2D eigenvalue weighted by atomic mass is 16.5. The lowest BCUT2D eigenvalue weighted by atomic mass is 10.1. The van der Waals surface area contributed by atoms with E-state index in [1.807, 2.05) is 30.3 Å². The summed E-state index contributed by atoms with van der Waals surface area (Å²) in [5.74, 6) is 1.44. The Balaban J connectivity index is 2.82. The van der Waals surface area contributed by atoms with Gasteiger partial charge < -0.3 is 15.2 Å². The standard InChI is InChI=1S/C12H13NO2/c1-14-11-7-6-8-9(12(11)15-2)4-3-5-10(8)13/h3-7H,13H2,1-2H3. The third-order valence-corrected chi connectivity index (χ3v) is 2.43. The molecule has 0 unspecified atom stereocenters. The van der Waals surface area contributed by atoms with Crippen LogP contribution < -0.4 is 15.2 Å². The smallest absolute Gasteiger partial charge is 0.168 e. The zero-order chi connectivity index (χ0) is 10.8. The first-order valence-electron chi connectivity index (χ1n) is 4.67. The van der Waals surface area contributed by atoms with Gasteiger partial charge in [-0.05, 0) is 18.2 Å². The van der Waals surface area contributed by atoms with Gasteiger partial charge in [-0.3, -0.25) is 0 Å². The minimum absolute atomic E-state index is 0.718. The van der Waals surface area contributed by atoms with Gasteiger partial charge >= 0.3 is 0 Å². The molecule has 15 heavy (non-hydrogen) atoms. The number of hydrogen-bond acceptors (Lipinski definition) is 3. The molecule has 2 aromatic carbocycles. The largest absolute Gasteiger partial charge is 0.493 e. The van der Waals surface area contributed by atoms with Gasteiger partial charge in [0.25, 0.3) is 0 Å². The first-order valence-corrected chi connectivity index (χ1v) is 4.67. The average molecular weight is 203 g/mol. The van der Waals surface area contributed by atoms with Crippen molar-refractivity contribution in [1.82, 2.24) is 0 Å². The number of benzene rings is 2. The first kappa shape index (κ1) is 9.65. The Bertz CT molecular complexity index is 494. The number of methoxy groups -OCH3 is 2. The second-order valence-corrected chi connectivity index (χ2v) is 3.24. The van der Waals surface area contributed by atoms with Gasteiger partial charge in [0.15, 0.2) is 11.5 Å². The predicted octanol–water partition coefficient (Wildman–Crippen LogP) is 2.44. The maximum absolute atomic E-state index is 5.87. The second-order valence-electron chi connectivity index (χ2n) is 3.24. The van der Waals surface area contributed by atoms with Crippen molar-refractivity contribution in [3.8, 4) is 11.5 Å². The van der Waals surface area contributed by atoms with Crippen LogP contribution in [0.5, 0.6) is 11.5 Å².